The summed E-state index contributed by atoms with van der Waals surface area (Å²) in [6.07, 6.45) is 4.12. The Kier molecular flexibility index (Phi) is 3.70. The van der Waals surface area contributed by atoms with Crippen molar-refractivity contribution < 1.29 is 9.47 Å². The van der Waals surface area contributed by atoms with Gasteiger partial charge < -0.3 is 0 Å². The van der Waals surface area contributed by atoms with Gasteiger partial charge in [0.25, 0.3) is 0 Å². The fourth-order valence-electron chi connectivity index (χ4n) is 3.27. The average molecular weight is 345 g/mol. The number of methoxy groups -OCH3 is 1. The van der Waals surface area contributed by atoms with Crippen molar-refractivity contribution in [1.29, 1.82) is 0 Å². The molecule has 0 spiro atoms. The van der Waals surface area contributed by atoms with E-state index in [0.29, 0.717) is 18.3 Å². The van der Waals surface area contributed by atoms with E-state index in [1.807, 2.05) is 0 Å². The maximum absolute atomic E-state index is 5.92. The van der Waals surface area contributed by atoms with Crippen molar-refractivity contribution in [1.82, 2.24) is 0 Å². The van der Waals surface area contributed by atoms with E-state index in [1.54, 1.807) is 10.7 Å². The summed E-state index contributed by atoms with van der Waals surface area (Å²) < 4.78 is 12.7. The number of ether oxygens (including phenoxy) is 2. The molecule has 2 aliphatic carbocycles. The molecule has 0 aromatic rings. The Morgan fingerprint density at radius 3 is 2.53 bits per heavy atom. The summed E-state index contributed by atoms with van der Waals surface area (Å²) in [6, 6.07) is 0. The number of fused-ring (bicyclic) bond motifs is 1. The van der Waals surface area contributed by atoms with E-state index in [1.165, 1.54) is 6.42 Å². The van der Waals surface area contributed by atoms with Crippen LogP contribution >= 0.6 is 0 Å². The first-order valence-corrected chi connectivity index (χ1v) is 16.6. The molecule has 0 bridgehead atoms. The molecule has 1 fully saturated rings. The van der Waals surface area contributed by atoms with E-state index in [-0.39, 0.29) is 0 Å². The van der Waals surface area contributed by atoms with E-state index in [0.717, 1.165) is 11.8 Å². The zero-order chi connectivity index (χ0) is 12.8. The normalized spacial score (nSPS) is 35.2. The standard InChI is InChI=1S/C11H17O2.3CH3.Sn/c1-11(2)9-5-4-8(6-10(9)11)13-7-12-3;;;;/h5,8-10H,6-7H2,1-3H3;3*1H3;/t8-,9-,10+;;;;/m0..../s1. The third-order valence-electron chi connectivity index (χ3n) is 4.57. The summed E-state index contributed by atoms with van der Waals surface area (Å²) in [5, 5.41) is 0. The van der Waals surface area contributed by atoms with Crippen LogP contribution in [0.5, 0.6) is 0 Å². The summed E-state index contributed by atoms with van der Waals surface area (Å²) in [4.78, 5) is 7.46. The van der Waals surface area contributed by atoms with E-state index >= 15 is 0 Å². The van der Waals surface area contributed by atoms with Gasteiger partial charge in [-0.05, 0) is 0 Å². The van der Waals surface area contributed by atoms with Crippen molar-refractivity contribution in [2.24, 2.45) is 17.3 Å². The molecule has 3 heteroatoms. The Balaban J connectivity index is 2.17. The van der Waals surface area contributed by atoms with Crippen LogP contribution in [0.15, 0.2) is 9.67 Å². The molecule has 0 heterocycles. The van der Waals surface area contributed by atoms with E-state index in [9.17, 15) is 0 Å². The molecule has 3 atom stereocenters. The van der Waals surface area contributed by atoms with Crippen molar-refractivity contribution in [2.75, 3.05) is 13.9 Å². The van der Waals surface area contributed by atoms with Gasteiger partial charge >= 0.3 is 110 Å². The van der Waals surface area contributed by atoms with Crippen molar-refractivity contribution >= 4 is 18.4 Å². The Morgan fingerprint density at radius 1 is 1.35 bits per heavy atom. The van der Waals surface area contributed by atoms with E-state index < -0.39 is 18.4 Å². The van der Waals surface area contributed by atoms with Gasteiger partial charge in [-0.1, -0.05) is 0 Å². The first-order valence-electron chi connectivity index (χ1n) is 6.61. The van der Waals surface area contributed by atoms with Gasteiger partial charge in [-0.3, -0.25) is 0 Å². The number of hydrogen-bond acceptors (Lipinski definition) is 2. The quantitative estimate of drug-likeness (QED) is 0.574. The minimum atomic E-state index is -2.02. The third kappa shape index (κ3) is 2.59. The van der Waals surface area contributed by atoms with Crippen LogP contribution in [-0.2, 0) is 9.47 Å². The second kappa shape index (κ2) is 4.53. The van der Waals surface area contributed by atoms with E-state index in [2.05, 4.69) is 34.7 Å². The van der Waals surface area contributed by atoms with Crippen LogP contribution in [-0.4, -0.2) is 38.4 Å². The van der Waals surface area contributed by atoms with Gasteiger partial charge in [0.2, 0.25) is 0 Å². The number of allylic oxidation sites excluding steroid dienone is 1. The topological polar surface area (TPSA) is 18.5 Å². The average Bonchev–Trinajstić information content (AvgIpc) is 2.75. The summed E-state index contributed by atoms with van der Waals surface area (Å²) in [5.41, 5.74) is 0.507. The molecule has 2 aliphatic rings. The zero-order valence-corrected chi connectivity index (χ0v) is 14.9. The first-order chi connectivity index (χ1) is 7.78. The fourth-order valence-corrected chi connectivity index (χ4v) is 8.54. The van der Waals surface area contributed by atoms with Gasteiger partial charge in [-0.25, -0.2) is 0 Å². The molecule has 0 N–H and O–H groups in total. The Morgan fingerprint density at radius 2 is 2.00 bits per heavy atom. The minimum absolute atomic E-state index is 0.341. The molecule has 0 saturated heterocycles. The van der Waals surface area contributed by atoms with E-state index in [4.69, 9.17) is 9.47 Å². The molecule has 2 nitrogen and oxygen atoms in total. The second-order valence-electron chi connectivity index (χ2n) is 7.12. The van der Waals surface area contributed by atoms with Crippen LogP contribution in [0.3, 0.4) is 0 Å². The summed E-state index contributed by atoms with van der Waals surface area (Å²) in [6.45, 7) is 5.22. The summed E-state index contributed by atoms with van der Waals surface area (Å²) in [7, 11) is 1.70. The molecular formula is C14H26O2Sn. The Bertz CT molecular complexity index is 328. The van der Waals surface area contributed by atoms with Gasteiger partial charge in [-0.2, -0.15) is 0 Å². The fraction of sp³-hybridized carbons (Fsp3) is 0.857. The molecule has 0 unspecified atom stereocenters. The van der Waals surface area contributed by atoms with Gasteiger partial charge in [0.05, 0.1) is 0 Å². The van der Waals surface area contributed by atoms with Crippen molar-refractivity contribution in [3.63, 3.8) is 0 Å². The molecule has 17 heavy (non-hydrogen) atoms. The van der Waals surface area contributed by atoms with Crippen LogP contribution in [0.1, 0.15) is 20.3 Å². The molecule has 1 saturated carbocycles. The molecule has 0 aromatic heterocycles. The predicted octanol–water partition coefficient (Wildman–Crippen LogP) is 3.46. The zero-order valence-electron chi connectivity index (χ0n) is 12.0. The number of rotatable bonds is 4. The van der Waals surface area contributed by atoms with Crippen LogP contribution < -0.4 is 0 Å². The predicted molar refractivity (Wildman–Crippen MR) is 73.6 cm³/mol. The van der Waals surface area contributed by atoms with Gasteiger partial charge in [-0.15, -0.1) is 0 Å². The summed E-state index contributed by atoms with van der Waals surface area (Å²) in [5.74, 6) is 1.65. The Labute approximate surface area is 110 Å². The SMILES string of the molecule is COCO[C@@H]1C[C@@H]2[C@H](C=[C]1[Sn]([CH3])([CH3])[CH3])C2(C)C. The van der Waals surface area contributed by atoms with Crippen molar-refractivity contribution in [2.45, 2.75) is 41.2 Å². The molecule has 2 rings (SSSR count). The number of hydrogen-bond donors (Lipinski definition) is 0. The second-order valence-corrected chi connectivity index (χ2v) is 21.6. The van der Waals surface area contributed by atoms with Gasteiger partial charge in [0.15, 0.2) is 0 Å². The van der Waals surface area contributed by atoms with Crippen LogP contribution in [0.25, 0.3) is 0 Å². The molecule has 98 valence electrons. The van der Waals surface area contributed by atoms with Gasteiger partial charge in [0.1, 0.15) is 0 Å². The Hall–Kier alpha value is 0.459. The molecular weight excluding hydrogens is 319 g/mol. The van der Waals surface area contributed by atoms with Crippen molar-refractivity contribution in [3.05, 3.63) is 9.67 Å². The first kappa shape index (κ1) is 13.9. The van der Waals surface area contributed by atoms with Gasteiger partial charge in [0, 0.05) is 0 Å². The van der Waals surface area contributed by atoms with Crippen LogP contribution in [0, 0.1) is 17.3 Å². The maximum atomic E-state index is 5.92. The molecule has 0 aliphatic heterocycles. The van der Waals surface area contributed by atoms with Crippen LogP contribution in [0.2, 0.25) is 14.8 Å². The monoisotopic (exact) mass is 346 g/mol. The molecule has 0 aromatic carbocycles. The van der Waals surface area contributed by atoms with Crippen molar-refractivity contribution in [3.8, 4) is 0 Å². The molecule has 0 amide bonds. The van der Waals surface area contributed by atoms with Crippen LogP contribution in [0.4, 0.5) is 0 Å². The molecule has 0 radical (unpaired) electrons. The summed E-state index contributed by atoms with van der Waals surface area (Å²) >= 11 is -2.02. The third-order valence-corrected chi connectivity index (χ3v) is 10.9.